The molecule has 1 atom stereocenters. The molecule has 0 aliphatic heterocycles. The van der Waals surface area contributed by atoms with Gasteiger partial charge in [-0.05, 0) is 32.9 Å². The van der Waals surface area contributed by atoms with Gasteiger partial charge < -0.3 is 5.11 Å². The number of thioether (sulfide) groups is 1. The predicted molar refractivity (Wildman–Crippen MR) is 99.2 cm³/mol. The number of carboxylic acids is 1. The molecule has 0 saturated heterocycles. The van der Waals surface area contributed by atoms with Gasteiger partial charge in [0.25, 0.3) is 0 Å². The van der Waals surface area contributed by atoms with Gasteiger partial charge in [-0.15, -0.1) is 10.2 Å². The molecule has 0 spiro atoms. The lowest BCUT2D eigenvalue weighted by Crippen LogP contribution is -2.12. The van der Waals surface area contributed by atoms with E-state index in [2.05, 4.69) is 10.2 Å². The van der Waals surface area contributed by atoms with Crippen molar-refractivity contribution in [2.75, 3.05) is 0 Å². The molecule has 0 aliphatic rings. The standard InChI is InChI=1S/C19H19N3O2S/c1-12-4-8-15(9-5-12)17-20-21-19(25-14(3)18(23)24)22(17)16-10-6-13(2)7-11-16/h4-11,14H,1-3H3,(H,23,24)/t14-/m0/s1. The van der Waals surface area contributed by atoms with E-state index in [1.807, 2.05) is 66.9 Å². The maximum atomic E-state index is 11.2. The molecular formula is C19H19N3O2S. The van der Waals surface area contributed by atoms with E-state index in [9.17, 15) is 9.90 Å². The van der Waals surface area contributed by atoms with E-state index >= 15 is 0 Å². The van der Waals surface area contributed by atoms with Crippen molar-refractivity contribution in [2.24, 2.45) is 0 Å². The average molecular weight is 353 g/mol. The predicted octanol–water partition coefficient (Wildman–Crippen LogP) is 4.12. The molecule has 1 N–H and O–H groups in total. The highest BCUT2D eigenvalue weighted by Gasteiger charge is 2.21. The number of aliphatic carboxylic acids is 1. The van der Waals surface area contributed by atoms with E-state index in [4.69, 9.17) is 0 Å². The SMILES string of the molecule is Cc1ccc(-c2nnc(S[C@@H](C)C(=O)O)n2-c2ccc(C)cc2)cc1. The van der Waals surface area contributed by atoms with Crippen LogP contribution in [0.25, 0.3) is 17.1 Å². The zero-order chi connectivity index (χ0) is 18.0. The van der Waals surface area contributed by atoms with Crippen molar-refractivity contribution in [1.82, 2.24) is 14.8 Å². The first-order valence-corrected chi connectivity index (χ1v) is 8.82. The van der Waals surface area contributed by atoms with Crippen molar-refractivity contribution in [3.05, 3.63) is 59.7 Å². The van der Waals surface area contributed by atoms with Crippen LogP contribution in [0.4, 0.5) is 0 Å². The third-order valence-electron chi connectivity index (χ3n) is 3.87. The summed E-state index contributed by atoms with van der Waals surface area (Å²) in [6.45, 7) is 5.70. The van der Waals surface area contributed by atoms with E-state index in [0.717, 1.165) is 16.8 Å². The third-order valence-corrected chi connectivity index (χ3v) is 4.90. The zero-order valence-electron chi connectivity index (χ0n) is 14.3. The Morgan fingerprint density at radius 2 is 1.56 bits per heavy atom. The fraction of sp³-hybridized carbons (Fsp3) is 0.211. The van der Waals surface area contributed by atoms with Crippen LogP contribution in [0.5, 0.6) is 0 Å². The molecule has 0 fully saturated rings. The van der Waals surface area contributed by atoms with Crippen LogP contribution in [0, 0.1) is 13.8 Å². The normalized spacial score (nSPS) is 12.1. The minimum atomic E-state index is -0.875. The van der Waals surface area contributed by atoms with Gasteiger partial charge in [-0.1, -0.05) is 59.3 Å². The van der Waals surface area contributed by atoms with E-state index in [1.54, 1.807) is 6.92 Å². The first-order valence-electron chi connectivity index (χ1n) is 7.94. The highest BCUT2D eigenvalue weighted by Crippen LogP contribution is 2.30. The average Bonchev–Trinajstić information content (AvgIpc) is 2.99. The van der Waals surface area contributed by atoms with Gasteiger partial charge in [0.15, 0.2) is 11.0 Å². The van der Waals surface area contributed by atoms with E-state index in [0.29, 0.717) is 11.0 Å². The number of hydrogen-bond acceptors (Lipinski definition) is 4. The van der Waals surface area contributed by atoms with Crippen molar-refractivity contribution in [3.63, 3.8) is 0 Å². The third kappa shape index (κ3) is 3.74. The van der Waals surface area contributed by atoms with E-state index < -0.39 is 11.2 Å². The summed E-state index contributed by atoms with van der Waals surface area (Å²) in [5.41, 5.74) is 4.17. The zero-order valence-corrected chi connectivity index (χ0v) is 15.1. The monoisotopic (exact) mass is 353 g/mol. The molecule has 2 aromatic carbocycles. The Kier molecular flexibility index (Phi) is 4.90. The number of carbonyl (C=O) groups is 1. The van der Waals surface area contributed by atoms with Crippen LogP contribution in [0.3, 0.4) is 0 Å². The lowest BCUT2D eigenvalue weighted by atomic mass is 10.1. The fourth-order valence-electron chi connectivity index (χ4n) is 2.37. The van der Waals surface area contributed by atoms with Gasteiger partial charge in [-0.3, -0.25) is 9.36 Å². The van der Waals surface area contributed by atoms with Crippen molar-refractivity contribution >= 4 is 17.7 Å². The summed E-state index contributed by atoms with van der Waals surface area (Å²) in [5, 5.41) is 17.7. The van der Waals surface area contributed by atoms with Gasteiger partial charge in [0.05, 0.1) is 0 Å². The minimum absolute atomic E-state index is 0.564. The molecule has 128 valence electrons. The summed E-state index contributed by atoms with van der Waals surface area (Å²) < 4.78 is 1.91. The molecule has 6 heteroatoms. The van der Waals surface area contributed by atoms with Crippen LogP contribution in [-0.2, 0) is 4.79 Å². The van der Waals surface area contributed by atoms with Gasteiger partial charge in [0.1, 0.15) is 5.25 Å². The van der Waals surface area contributed by atoms with Crippen LogP contribution >= 0.6 is 11.8 Å². The molecule has 3 rings (SSSR count). The quantitative estimate of drug-likeness (QED) is 0.699. The lowest BCUT2D eigenvalue weighted by Gasteiger charge is -2.12. The summed E-state index contributed by atoms with van der Waals surface area (Å²) in [6.07, 6.45) is 0. The smallest absolute Gasteiger partial charge is 0.316 e. The van der Waals surface area contributed by atoms with E-state index in [-0.39, 0.29) is 0 Å². The lowest BCUT2D eigenvalue weighted by molar-refractivity contribution is -0.136. The Morgan fingerprint density at radius 3 is 2.12 bits per heavy atom. The number of carboxylic acid groups (broad SMARTS) is 1. The molecule has 25 heavy (non-hydrogen) atoms. The Balaban J connectivity index is 2.12. The largest absolute Gasteiger partial charge is 0.480 e. The van der Waals surface area contributed by atoms with Crippen LogP contribution in [0.2, 0.25) is 0 Å². The number of rotatable bonds is 5. The second-order valence-corrected chi connectivity index (χ2v) is 7.25. The summed E-state index contributed by atoms with van der Waals surface area (Å²) in [6, 6.07) is 16.1. The second-order valence-electron chi connectivity index (χ2n) is 5.94. The van der Waals surface area contributed by atoms with Crippen molar-refractivity contribution in [2.45, 2.75) is 31.2 Å². The molecule has 5 nitrogen and oxygen atoms in total. The van der Waals surface area contributed by atoms with Gasteiger partial charge in [0, 0.05) is 11.3 Å². The molecule has 3 aromatic rings. The Bertz CT molecular complexity index is 886. The molecule has 0 amide bonds. The van der Waals surface area contributed by atoms with Gasteiger partial charge >= 0.3 is 5.97 Å². The highest BCUT2D eigenvalue weighted by atomic mass is 32.2. The van der Waals surface area contributed by atoms with Crippen LogP contribution in [0.1, 0.15) is 18.1 Å². The Morgan fingerprint density at radius 1 is 1.00 bits per heavy atom. The fourth-order valence-corrected chi connectivity index (χ4v) is 3.17. The molecule has 0 radical (unpaired) electrons. The summed E-state index contributed by atoms with van der Waals surface area (Å²) in [7, 11) is 0. The maximum Gasteiger partial charge on any atom is 0.316 e. The molecule has 0 aliphatic carbocycles. The van der Waals surface area contributed by atoms with Crippen LogP contribution in [-0.4, -0.2) is 31.1 Å². The number of aromatic nitrogens is 3. The Labute approximate surface area is 150 Å². The van der Waals surface area contributed by atoms with Crippen molar-refractivity contribution in [3.8, 4) is 17.1 Å². The summed E-state index contributed by atoms with van der Waals surface area (Å²) in [5.74, 6) is -0.177. The number of benzene rings is 2. The molecule has 0 bridgehead atoms. The topological polar surface area (TPSA) is 68.0 Å². The number of aryl methyl sites for hydroxylation is 2. The maximum absolute atomic E-state index is 11.2. The first-order chi connectivity index (χ1) is 12.0. The van der Waals surface area contributed by atoms with Crippen LogP contribution < -0.4 is 0 Å². The molecule has 1 heterocycles. The molecule has 0 unspecified atom stereocenters. The summed E-state index contributed by atoms with van der Waals surface area (Å²) in [4.78, 5) is 11.2. The number of nitrogens with zero attached hydrogens (tertiary/aromatic N) is 3. The Hall–Kier alpha value is -2.60. The van der Waals surface area contributed by atoms with Crippen molar-refractivity contribution in [1.29, 1.82) is 0 Å². The van der Waals surface area contributed by atoms with E-state index in [1.165, 1.54) is 17.3 Å². The summed E-state index contributed by atoms with van der Waals surface area (Å²) >= 11 is 1.19. The van der Waals surface area contributed by atoms with Gasteiger partial charge in [0.2, 0.25) is 0 Å². The first kappa shape index (κ1) is 17.2. The molecular weight excluding hydrogens is 334 g/mol. The van der Waals surface area contributed by atoms with Gasteiger partial charge in [-0.25, -0.2) is 0 Å². The van der Waals surface area contributed by atoms with Gasteiger partial charge in [-0.2, -0.15) is 0 Å². The van der Waals surface area contributed by atoms with Crippen LogP contribution in [0.15, 0.2) is 53.7 Å². The minimum Gasteiger partial charge on any atom is -0.480 e. The second kappa shape index (κ2) is 7.11. The molecule has 0 saturated carbocycles. The van der Waals surface area contributed by atoms with Crippen molar-refractivity contribution < 1.29 is 9.90 Å². The molecule has 1 aromatic heterocycles. The highest BCUT2D eigenvalue weighted by molar-refractivity contribution is 8.00. The number of hydrogen-bond donors (Lipinski definition) is 1.